The fourth-order valence-electron chi connectivity index (χ4n) is 4.51. The van der Waals surface area contributed by atoms with Crippen LogP contribution >= 0.6 is 0 Å². The normalized spacial score (nSPS) is 29.2. The second-order valence-electron chi connectivity index (χ2n) is 7.04. The molecule has 2 unspecified atom stereocenters. The first-order valence-electron chi connectivity index (χ1n) is 8.09. The van der Waals surface area contributed by atoms with Gasteiger partial charge in [0.1, 0.15) is 11.0 Å². The van der Waals surface area contributed by atoms with Gasteiger partial charge >= 0.3 is 0 Å². The predicted octanol–water partition coefficient (Wildman–Crippen LogP) is 2.06. The summed E-state index contributed by atoms with van der Waals surface area (Å²) < 4.78 is 33.7. The molecule has 1 spiro atoms. The number of nitriles is 1. The van der Waals surface area contributed by atoms with Crippen LogP contribution in [0.15, 0.2) is 23.1 Å². The monoisotopic (exact) mass is 332 g/mol. The number of aryl methyl sites for hydroxylation is 1. The van der Waals surface area contributed by atoms with Crippen molar-refractivity contribution < 1.29 is 13.2 Å². The molecule has 0 bridgehead atoms. The highest BCUT2D eigenvalue weighted by Crippen LogP contribution is 2.56. The highest BCUT2D eigenvalue weighted by atomic mass is 32.2. The van der Waals surface area contributed by atoms with Crippen LogP contribution < -0.4 is 0 Å². The second-order valence-corrected chi connectivity index (χ2v) is 8.90. The Morgan fingerprint density at radius 1 is 1.35 bits per heavy atom. The number of ether oxygens (including phenoxy) is 1. The van der Waals surface area contributed by atoms with Crippen molar-refractivity contribution in [3.8, 4) is 6.07 Å². The van der Waals surface area contributed by atoms with Gasteiger partial charge in [-0.15, -0.1) is 0 Å². The second kappa shape index (κ2) is 5.04. The van der Waals surface area contributed by atoms with E-state index in [-0.39, 0.29) is 21.9 Å². The van der Waals surface area contributed by atoms with Gasteiger partial charge < -0.3 is 4.74 Å². The Bertz CT molecular complexity index is 793. The minimum atomic E-state index is -3.67. The van der Waals surface area contributed by atoms with E-state index in [1.807, 2.05) is 0 Å². The third-order valence-electron chi connectivity index (χ3n) is 5.96. The molecule has 0 radical (unpaired) electrons. The molecule has 122 valence electrons. The van der Waals surface area contributed by atoms with Gasteiger partial charge in [0, 0.05) is 12.5 Å². The lowest BCUT2D eigenvalue weighted by molar-refractivity contribution is 0.0601. The molecular weight excluding hydrogens is 312 g/mol. The van der Waals surface area contributed by atoms with Crippen LogP contribution in [-0.2, 0) is 14.8 Å². The predicted molar refractivity (Wildman–Crippen MR) is 84.2 cm³/mol. The lowest BCUT2D eigenvalue weighted by atomic mass is 9.62. The van der Waals surface area contributed by atoms with E-state index >= 15 is 0 Å². The van der Waals surface area contributed by atoms with E-state index in [0.717, 1.165) is 12.8 Å². The minimum Gasteiger partial charge on any atom is -0.379 e. The van der Waals surface area contributed by atoms with Crippen molar-refractivity contribution in [3.63, 3.8) is 0 Å². The molecule has 3 fully saturated rings. The number of sulfonamides is 1. The van der Waals surface area contributed by atoms with Crippen LogP contribution in [-0.4, -0.2) is 38.5 Å². The van der Waals surface area contributed by atoms with Crippen LogP contribution in [0.5, 0.6) is 0 Å². The molecule has 0 aromatic heterocycles. The molecule has 1 aromatic carbocycles. The molecule has 23 heavy (non-hydrogen) atoms. The third-order valence-corrected chi connectivity index (χ3v) is 7.87. The summed E-state index contributed by atoms with van der Waals surface area (Å²) in [6.07, 6.45) is 3.34. The van der Waals surface area contributed by atoms with Gasteiger partial charge in [-0.2, -0.15) is 9.57 Å². The zero-order valence-corrected chi connectivity index (χ0v) is 14.0. The zero-order valence-electron chi connectivity index (χ0n) is 13.2. The van der Waals surface area contributed by atoms with Crippen molar-refractivity contribution in [3.05, 3.63) is 29.3 Å². The Kier molecular flexibility index (Phi) is 3.31. The van der Waals surface area contributed by atoms with Crippen molar-refractivity contribution in [2.75, 3.05) is 19.8 Å². The van der Waals surface area contributed by atoms with Gasteiger partial charge in [0.05, 0.1) is 24.8 Å². The smallest absolute Gasteiger partial charge is 0.244 e. The largest absolute Gasteiger partial charge is 0.379 e. The molecule has 0 N–H and O–H groups in total. The molecule has 1 saturated carbocycles. The van der Waals surface area contributed by atoms with Crippen LogP contribution in [0.3, 0.4) is 0 Å². The molecule has 2 atom stereocenters. The molecule has 4 rings (SSSR count). The maximum absolute atomic E-state index is 13.3. The van der Waals surface area contributed by atoms with Crippen molar-refractivity contribution in [1.82, 2.24) is 4.31 Å². The molecule has 5 nitrogen and oxygen atoms in total. The van der Waals surface area contributed by atoms with E-state index in [4.69, 9.17) is 4.74 Å². The van der Waals surface area contributed by atoms with Gasteiger partial charge in [-0.1, -0.05) is 18.6 Å². The van der Waals surface area contributed by atoms with E-state index in [1.54, 1.807) is 29.4 Å². The Hall–Kier alpha value is -1.42. The van der Waals surface area contributed by atoms with E-state index in [1.165, 1.54) is 6.42 Å². The summed E-state index contributed by atoms with van der Waals surface area (Å²) in [5.41, 5.74) is 1.06. The Balaban J connectivity index is 1.78. The zero-order chi connectivity index (χ0) is 16.2. The fraction of sp³-hybridized carbons (Fsp3) is 0.588. The molecule has 2 heterocycles. The van der Waals surface area contributed by atoms with E-state index in [0.29, 0.717) is 31.2 Å². The van der Waals surface area contributed by atoms with Crippen LogP contribution in [0.1, 0.15) is 30.4 Å². The molecule has 6 heteroatoms. The molecule has 0 amide bonds. The standard InChI is InChI=1S/C17H20N2O3S/c1-12-4-2-5-16(13(12)8-18)23(20,21)19-11-17(6-3-7-17)14-9-22-10-15(14)19/h2,4-5,14-15H,3,6-7,9-11H2,1H3. The molecule has 2 saturated heterocycles. The molecule has 2 aliphatic heterocycles. The first kappa shape index (κ1) is 15.1. The maximum Gasteiger partial charge on any atom is 0.244 e. The van der Waals surface area contributed by atoms with Gasteiger partial charge in [0.25, 0.3) is 0 Å². The van der Waals surface area contributed by atoms with Crippen molar-refractivity contribution >= 4 is 10.0 Å². The van der Waals surface area contributed by atoms with Crippen molar-refractivity contribution in [2.24, 2.45) is 11.3 Å². The number of benzene rings is 1. The number of nitrogens with zero attached hydrogens (tertiary/aromatic N) is 2. The molecule has 1 aliphatic carbocycles. The van der Waals surface area contributed by atoms with Gasteiger partial charge in [-0.05, 0) is 36.8 Å². The Morgan fingerprint density at radius 2 is 2.13 bits per heavy atom. The van der Waals surface area contributed by atoms with Crippen molar-refractivity contribution in [2.45, 2.75) is 37.1 Å². The quantitative estimate of drug-likeness (QED) is 0.831. The average molecular weight is 332 g/mol. The topological polar surface area (TPSA) is 70.4 Å². The van der Waals surface area contributed by atoms with Crippen molar-refractivity contribution in [1.29, 1.82) is 5.26 Å². The van der Waals surface area contributed by atoms with E-state index in [2.05, 4.69) is 6.07 Å². The van der Waals surface area contributed by atoms with Crippen LogP contribution in [0.25, 0.3) is 0 Å². The average Bonchev–Trinajstić information content (AvgIpc) is 3.06. The maximum atomic E-state index is 13.3. The SMILES string of the molecule is Cc1cccc(S(=O)(=O)N2CC3(CCC3)C3COCC32)c1C#N. The van der Waals surface area contributed by atoms with Crippen LogP contribution in [0.2, 0.25) is 0 Å². The van der Waals surface area contributed by atoms with Gasteiger partial charge in [-0.3, -0.25) is 0 Å². The van der Waals surface area contributed by atoms with Gasteiger partial charge in [0.15, 0.2) is 0 Å². The number of fused-ring (bicyclic) bond motifs is 2. The first-order chi connectivity index (χ1) is 11.0. The summed E-state index contributed by atoms with van der Waals surface area (Å²) in [6, 6.07) is 7.02. The van der Waals surface area contributed by atoms with E-state index < -0.39 is 10.0 Å². The highest BCUT2D eigenvalue weighted by molar-refractivity contribution is 7.89. The minimum absolute atomic E-state index is 0.0765. The summed E-state index contributed by atoms with van der Waals surface area (Å²) in [6.45, 7) is 3.48. The fourth-order valence-corrected chi connectivity index (χ4v) is 6.46. The first-order valence-corrected chi connectivity index (χ1v) is 9.53. The Labute approximate surface area is 136 Å². The third kappa shape index (κ3) is 2.00. The molecule has 1 aromatic rings. The lowest BCUT2D eigenvalue weighted by Crippen LogP contribution is -2.40. The summed E-state index contributed by atoms with van der Waals surface area (Å²) in [5, 5.41) is 9.40. The number of hydrogen-bond acceptors (Lipinski definition) is 4. The molecular formula is C17H20N2O3S. The highest BCUT2D eigenvalue weighted by Gasteiger charge is 2.60. The summed E-state index contributed by atoms with van der Waals surface area (Å²) in [4.78, 5) is 0.141. The summed E-state index contributed by atoms with van der Waals surface area (Å²) in [7, 11) is -3.67. The van der Waals surface area contributed by atoms with Crippen LogP contribution in [0.4, 0.5) is 0 Å². The number of hydrogen-bond donors (Lipinski definition) is 0. The van der Waals surface area contributed by atoms with Gasteiger partial charge in [0.2, 0.25) is 10.0 Å². The number of rotatable bonds is 2. The van der Waals surface area contributed by atoms with E-state index in [9.17, 15) is 13.7 Å². The Morgan fingerprint density at radius 3 is 2.78 bits per heavy atom. The molecule has 3 aliphatic rings. The summed E-state index contributed by atoms with van der Waals surface area (Å²) >= 11 is 0. The van der Waals surface area contributed by atoms with Crippen LogP contribution in [0, 0.1) is 29.6 Å². The lowest BCUT2D eigenvalue weighted by Gasteiger charge is -2.42. The van der Waals surface area contributed by atoms with Gasteiger partial charge in [-0.25, -0.2) is 8.42 Å². The summed E-state index contributed by atoms with van der Waals surface area (Å²) in [5.74, 6) is 0.307.